The Kier molecular flexibility index (Phi) is 2.80. The number of aryl methyl sites for hydroxylation is 1. The average molecular weight is 182 g/mol. The molecule has 4 nitrogen and oxygen atoms in total. The lowest BCUT2D eigenvalue weighted by atomic mass is 10.1. The Hall–Kier alpha value is -1.19. The number of rotatable bonds is 3. The van der Waals surface area contributed by atoms with E-state index < -0.39 is 0 Å². The lowest BCUT2D eigenvalue weighted by Gasteiger charge is -2.17. The molecule has 0 bridgehead atoms. The highest BCUT2D eigenvalue weighted by atomic mass is 15.1. The molecule has 0 aliphatic carbocycles. The minimum absolute atomic E-state index is 0.380. The molecular weight excluding hydrogens is 164 g/mol. The Morgan fingerprint density at radius 3 is 2.38 bits per heavy atom. The molecule has 0 saturated carbocycles. The maximum Gasteiger partial charge on any atom is 0.168 e. The number of nitrogens with zero attached hydrogens (tertiary/aromatic N) is 1. The molecule has 4 heteroatoms. The Labute approximate surface area is 78.9 Å². The Bertz CT molecular complexity index is 277. The molecule has 0 saturated heterocycles. The van der Waals surface area contributed by atoms with Crippen molar-refractivity contribution in [1.29, 1.82) is 0 Å². The largest absolute Gasteiger partial charge is 0.382 e. The highest BCUT2D eigenvalue weighted by Gasteiger charge is 2.10. The predicted octanol–water partition coefficient (Wildman–Crippen LogP) is 1.76. The van der Waals surface area contributed by atoms with E-state index in [2.05, 4.69) is 36.1 Å². The van der Waals surface area contributed by atoms with E-state index in [1.807, 2.05) is 6.92 Å². The first kappa shape index (κ1) is 9.89. The number of aromatic nitrogens is 2. The molecule has 1 atom stereocenters. The Morgan fingerprint density at radius 1 is 1.38 bits per heavy atom. The second-order valence-corrected chi connectivity index (χ2v) is 3.76. The summed E-state index contributed by atoms with van der Waals surface area (Å²) in [5.74, 6) is 2.79. The van der Waals surface area contributed by atoms with Gasteiger partial charge in [0.2, 0.25) is 0 Å². The van der Waals surface area contributed by atoms with E-state index >= 15 is 0 Å². The zero-order valence-corrected chi connectivity index (χ0v) is 8.68. The second kappa shape index (κ2) is 3.68. The molecule has 1 heterocycles. The van der Waals surface area contributed by atoms with Crippen molar-refractivity contribution in [2.24, 2.45) is 5.92 Å². The van der Waals surface area contributed by atoms with Crippen molar-refractivity contribution in [2.75, 3.05) is 11.1 Å². The molecule has 1 rings (SSSR count). The highest BCUT2D eigenvalue weighted by molar-refractivity contribution is 5.57. The SMILES string of the molecule is Cc1nc(NC(C)C(C)C)c(N)[nH]1. The van der Waals surface area contributed by atoms with Gasteiger partial charge in [-0.15, -0.1) is 0 Å². The van der Waals surface area contributed by atoms with Gasteiger partial charge in [-0.25, -0.2) is 4.98 Å². The fourth-order valence-corrected chi connectivity index (χ4v) is 1.00. The summed E-state index contributed by atoms with van der Waals surface area (Å²) in [4.78, 5) is 7.20. The van der Waals surface area contributed by atoms with Gasteiger partial charge in [-0.2, -0.15) is 0 Å². The van der Waals surface area contributed by atoms with Crippen LogP contribution in [0.2, 0.25) is 0 Å². The van der Waals surface area contributed by atoms with Gasteiger partial charge >= 0.3 is 0 Å². The number of aromatic amines is 1. The summed E-state index contributed by atoms with van der Waals surface area (Å²) in [5.41, 5.74) is 5.71. The van der Waals surface area contributed by atoms with Gasteiger partial charge in [-0.3, -0.25) is 0 Å². The smallest absolute Gasteiger partial charge is 0.168 e. The van der Waals surface area contributed by atoms with Crippen molar-refractivity contribution in [3.63, 3.8) is 0 Å². The number of nitrogens with one attached hydrogen (secondary N) is 2. The monoisotopic (exact) mass is 182 g/mol. The third kappa shape index (κ3) is 2.37. The lowest BCUT2D eigenvalue weighted by molar-refractivity contribution is 0.559. The van der Waals surface area contributed by atoms with Gasteiger partial charge in [-0.1, -0.05) is 13.8 Å². The minimum Gasteiger partial charge on any atom is -0.382 e. The van der Waals surface area contributed by atoms with Crippen molar-refractivity contribution >= 4 is 11.6 Å². The van der Waals surface area contributed by atoms with E-state index in [1.165, 1.54) is 0 Å². The molecule has 74 valence electrons. The minimum atomic E-state index is 0.380. The van der Waals surface area contributed by atoms with Crippen molar-refractivity contribution in [3.8, 4) is 0 Å². The molecule has 0 spiro atoms. The van der Waals surface area contributed by atoms with E-state index in [9.17, 15) is 0 Å². The normalized spacial score (nSPS) is 13.3. The summed E-state index contributed by atoms with van der Waals surface area (Å²) < 4.78 is 0. The standard InChI is InChI=1S/C9H18N4/c1-5(2)6(3)11-9-8(10)12-7(4)13-9/h5-6,11H,10H2,1-4H3,(H,12,13). The molecular formula is C9H18N4. The van der Waals surface area contributed by atoms with E-state index in [-0.39, 0.29) is 0 Å². The van der Waals surface area contributed by atoms with E-state index in [4.69, 9.17) is 5.73 Å². The van der Waals surface area contributed by atoms with Gasteiger partial charge in [0.1, 0.15) is 11.6 Å². The summed E-state index contributed by atoms with van der Waals surface area (Å²) in [6.07, 6.45) is 0. The summed E-state index contributed by atoms with van der Waals surface area (Å²) in [5, 5.41) is 3.26. The van der Waals surface area contributed by atoms with Crippen LogP contribution in [-0.4, -0.2) is 16.0 Å². The van der Waals surface area contributed by atoms with Gasteiger partial charge in [-0.05, 0) is 19.8 Å². The molecule has 13 heavy (non-hydrogen) atoms. The molecule has 0 aliphatic rings. The number of anilines is 2. The molecule has 0 radical (unpaired) electrons. The summed E-state index contributed by atoms with van der Waals surface area (Å²) in [7, 11) is 0. The number of hydrogen-bond acceptors (Lipinski definition) is 3. The fourth-order valence-electron chi connectivity index (χ4n) is 1.00. The molecule has 0 amide bonds. The third-order valence-electron chi connectivity index (χ3n) is 2.21. The van der Waals surface area contributed by atoms with Gasteiger partial charge < -0.3 is 16.0 Å². The van der Waals surface area contributed by atoms with E-state index in [1.54, 1.807) is 0 Å². The van der Waals surface area contributed by atoms with Gasteiger partial charge in [0.05, 0.1) is 0 Å². The quantitative estimate of drug-likeness (QED) is 0.667. The van der Waals surface area contributed by atoms with Crippen LogP contribution in [0.4, 0.5) is 11.6 Å². The molecule has 0 aromatic carbocycles. The van der Waals surface area contributed by atoms with Crippen molar-refractivity contribution < 1.29 is 0 Å². The Morgan fingerprint density at radius 2 is 2.00 bits per heavy atom. The molecule has 4 N–H and O–H groups in total. The van der Waals surface area contributed by atoms with Crippen LogP contribution in [0.5, 0.6) is 0 Å². The van der Waals surface area contributed by atoms with Crippen LogP contribution < -0.4 is 11.1 Å². The first-order chi connectivity index (χ1) is 6.00. The summed E-state index contributed by atoms with van der Waals surface area (Å²) in [6.45, 7) is 8.33. The van der Waals surface area contributed by atoms with Crippen molar-refractivity contribution in [1.82, 2.24) is 9.97 Å². The number of H-pyrrole nitrogens is 1. The second-order valence-electron chi connectivity index (χ2n) is 3.76. The topological polar surface area (TPSA) is 66.7 Å². The number of imidazole rings is 1. The van der Waals surface area contributed by atoms with Crippen LogP contribution in [0.3, 0.4) is 0 Å². The maximum atomic E-state index is 5.71. The summed E-state index contributed by atoms with van der Waals surface area (Å²) >= 11 is 0. The van der Waals surface area contributed by atoms with Crippen LogP contribution in [0.25, 0.3) is 0 Å². The number of hydrogen-bond donors (Lipinski definition) is 3. The number of nitrogens with two attached hydrogens (primary N) is 1. The van der Waals surface area contributed by atoms with Crippen LogP contribution in [0, 0.1) is 12.8 Å². The molecule has 1 aromatic heterocycles. The van der Waals surface area contributed by atoms with Crippen molar-refractivity contribution in [3.05, 3.63) is 5.82 Å². The zero-order chi connectivity index (χ0) is 10.0. The molecule has 0 aliphatic heterocycles. The van der Waals surface area contributed by atoms with Crippen molar-refractivity contribution in [2.45, 2.75) is 33.7 Å². The van der Waals surface area contributed by atoms with E-state index in [0.717, 1.165) is 11.6 Å². The lowest BCUT2D eigenvalue weighted by Crippen LogP contribution is -2.22. The van der Waals surface area contributed by atoms with Crippen LogP contribution in [0.1, 0.15) is 26.6 Å². The zero-order valence-electron chi connectivity index (χ0n) is 8.68. The van der Waals surface area contributed by atoms with E-state index in [0.29, 0.717) is 17.8 Å². The fraction of sp³-hybridized carbons (Fsp3) is 0.667. The third-order valence-corrected chi connectivity index (χ3v) is 2.21. The summed E-state index contributed by atoms with van der Waals surface area (Å²) in [6, 6.07) is 0.380. The first-order valence-electron chi connectivity index (χ1n) is 4.59. The first-order valence-corrected chi connectivity index (χ1v) is 4.59. The molecule has 1 unspecified atom stereocenters. The van der Waals surface area contributed by atoms with Crippen LogP contribution >= 0.6 is 0 Å². The average Bonchev–Trinajstić information content (AvgIpc) is 2.30. The van der Waals surface area contributed by atoms with Gasteiger partial charge in [0, 0.05) is 6.04 Å². The van der Waals surface area contributed by atoms with Crippen LogP contribution in [0.15, 0.2) is 0 Å². The molecule has 0 fully saturated rings. The number of nitrogen functional groups attached to an aromatic ring is 1. The van der Waals surface area contributed by atoms with Gasteiger partial charge in [0.15, 0.2) is 5.82 Å². The highest BCUT2D eigenvalue weighted by Crippen LogP contribution is 2.16. The molecule has 1 aromatic rings. The maximum absolute atomic E-state index is 5.71. The Balaban J connectivity index is 2.68. The predicted molar refractivity (Wildman–Crippen MR) is 55.7 cm³/mol. The van der Waals surface area contributed by atoms with Crippen LogP contribution in [-0.2, 0) is 0 Å². The van der Waals surface area contributed by atoms with Gasteiger partial charge in [0.25, 0.3) is 0 Å².